The van der Waals surface area contributed by atoms with Gasteiger partial charge in [0.1, 0.15) is 11.4 Å². The number of anilines is 2. The summed E-state index contributed by atoms with van der Waals surface area (Å²) in [7, 11) is 1.62. The zero-order valence-corrected chi connectivity index (χ0v) is 17.0. The molecule has 7 nitrogen and oxygen atoms in total. The normalized spacial score (nSPS) is 10.3. The number of methoxy groups -OCH3 is 1. The Balaban J connectivity index is 1.49. The maximum atomic E-state index is 12.3. The summed E-state index contributed by atoms with van der Waals surface area (Å²) in [4.78, 5) is 28.5. The van der Waals surface area contributed by atoms with Gasteiger partial charge in [0.05, 0.1) is 7.11 Å². The number of aryl methyl sites for hydroxylation is 1. The van der Waals surface area contributed by atoms with Crippen molar-refractivity contribution in [2.24, 2.45) is 0 Å². The van der Waals surface area contributed by atoms with Gasteiger partial charge in [0, 0.05) is 17.6 Å². The van der Waals surface area contributed by atoms with Crippen LogP contribution in [0.25, 0.3) is 0 Å². The molecule has 0 unspecified atom stereocenters. The highest BCUT2D eigenvalue weighted by atomic mass is 32.1. The SMILES string of the molecule is COc1ccccc1CCNC(=O)c1csc(NC(=O)Nc2ccc(C)cc2)n1. The van der Waals surface area contributed by atoms with E-state index in [1.165, 1.54) is 11.3 Å². The highest BCUT2D eigenvalue weighted by Crippen LogP contribution is 2.18. The topological polar surface area (TPSA) is 92.4 Å². The molecular formula is C21H22N4O3S. The molecule has 0 aliphatic carbocycles. The van der Waals surface area contributed by atoms with Crippen LogP contribution in [0.3, 0.4) is 0 Å². The summed E-state index contributed by atoms with van der Waals surface area (Å²) in [6, 6.07) is 14.7. The molecule has 0 radical (unpaired) electrons. The molecule has 0 aliphatic rings. The van der Waals surface area contributed by atoms with Crippen molar-refractivity contribution in [2.75, 3.05) is 24.3 Å². The van der Waals surface area contributed by atoms with Crippen molar-refractivity contribution in [3.8, 4) is 5.75 Å². The number of rotatable bonds is 7. The average molecular weight is 410 g/mol. The molecular weight excluding hydrogens is 388 g/mol. The number of nitrogens with one attached hydrogen (secondary N) is 3. The molecule has 3 rings (SSSR count). The van der Waals surface area contributed by atoms with Gasteiger partial charge in [-0.15, -0.1) is 11.3 Å². The van der Waals surface area contributed by atoms with E-state index in [0.717, 1.165) is 16.9 Å². The fourth-order valence-electron chi connectivity index (χ4n) is 2.64. The number of aromatic nitrogens is 1. The molecule has 3 N–H and O–H groups in total. The number of benzene rings is 2. The standard InChI is InChI=1S/C21H22N4O3S/c1-14-7-9-16(10-8-14)23-20(27)25-21-24-17(13-29-21)19(26)22-12-11-15-5-3-4-6-18(15)28-2/h3-10,13H,11-12H2,1-2H3,(H,22,26)(H2,23,24,25,27). The summed E-state index contributed by atoms with van der Waals surface area (Å²) in [6.45, 7) is 2.43. The van der Waals surface area contributed by atoms with Gasteiger partial charge in [-0.1, -0.05) is 35.9 Å². The summed E-state index contributed by atoms with van der Waals surface area (Å²) < 4.78 is 5.31. The lowest BCUT2D eigenvalue weighted by Crippen LogP contribution is -2.26. The zero-order chi connectivity index (χ0) is 20.6. The Labute approximate surface area is 173 Å². The summed E-state index contributed by atoms with van der Waals surface area (Å²) >= 11 is 1.19. The van der Waals surface area contributed by atoms with E-state index < -0.39 is 6.03 Å². The Hall–Kier alpha value is -3.39. The number of hydrogen-bond donors (Lipinski definition) is 3. The minimum Gasteiger partial charge on any atom is -0.496 e. The highest BCUT2D eigenvalue weighted by Gasteiger charge is 2.12. The average Bonchev–Trinajstić information content (AvgIpc) is 3.18. The van der Waals surface area contributed by atoms with Crippen molar-refractivity contribution in [3.05, 3.63) is 70.7 Å². The number of amides is 3. The van der Waals surface area contributed by atoms with Crippen LogP contribution >= 0.6 is 11.3 Å². The number of carbonyl (C=O) groups excluding carboxylic acids is 2. The number of nitrogens with zero attached hydrogens (tertiary/aromatic N) is 1. The molecule has 3 amide bonds. The second-order valence-electron chi connectivity index (χ2n) is 6.30. The number of ether oxygens (including phenoxy) is 1. The Morgan fingerprint density at radius 1 is 1.07 bits per heavy atom. The third-order valence-electron chi connectivity index (χ3n) is 4.14. The van der Waals surface area contributed by atoms with Crippen LogP contribution < -0.4 is 20.7 Å². The molecule has 1 aromatic heterocycles. The van der Waals surface area contributed by atoms with Gasteiger partial charge in [-0.3, -0.25) is 10.1 Å². The van der Waals surface area contributed by atoms with Gasteiger partial charge < -0.3 is 15.4 Å². The molecule has 0 saturated heterocycles. The molecule has 8 heteroatoms. The molecule has 1 heterocycles. The first-order chi connectivity index (χ1) is 14.0. The van der Waals surface area contributed by atoms with Gasteiger partial charge in [-0.2, -0.15) is 0 Å². The predicted octanol–water partition coefficient (Wildman–Crippen LogP) is 4.08. The third kappa shape index (κ3) is 5.79. The molecule has 29 heavy (non-hydrogen) atoms. The largest absolute Gasteiger partial charge is 0.496 e. The minimum atomic E-state index is -0.411. The highest BCUT2D eigenvalue weighted by molar-refractivity contribution is 7.14. The van der Waals surface area contributed by atoms with Crippen LogP contribution in [0.4, 0.5) is 15.6 Å². The summed E-state index contributed by atoms with van der Waals surface area (Å²) in [5.74, 6) is 0.504. The van der Waals surface area contributed by atoms with E-state index >= 15 is 0 Å². The quantitative estimate of drug-likeness (QED) is 0.547. The molecule has 0 fully saturated rings. The van der Waals surface area contributed by atoms with Crippen LogP contribution in [0, 0.1) is 6.92 Å². The molecule has 0 bridgehead atoms. The Kier molecular flexibility index (Phi) is 6.80. The van der Waals surface area contributed by atoms with Crippen LogP contribution in [0.5, 0.6) is 5.75 Å². The van der Waals surface area contributed by atoms with Gasteiger partial charge in [-0.25, -0.2) is 9.78 Å². The van der Waals surface area contributed by atoms with E-state index in [1.54, 1.807) is 12.5 Å². The monoisotopic (exact) mass is 410 g/mol. The van der Waals surface area contributed by atoms with E-state index in [0.29, 0.717) is 23.8 Å². The number of para-hydroxylation sites is 1. The van der Waals surface area contributed by atoms with E-state index in [4.69, 9.17) is 4.74 Å². The van der Waals surface area contributed by atoms with Crippen molar-refractivity contribution in [1.29, 1.82) is 0 Å². The van der Waals surface area contributed by atoms with Crippen LogP contribution in [0.15, 0.2) is 53.9 Å². The number of carbonyl (C=O) groups is 2. The van der Waals surface area contributed by atoms with Crippen LogP contribution in [-0.4, -0.2) is 30.6 Å². The van der Waals surface area contributed by atoms with Gasteiger partial charge in [0.2, 0.25) is 0 Å². The van der Waals surface area contributed by atoms with Gasteiger partial charge in [0.15, 0.2) is 5.13 Å². The molecule has 0 spiro atoms. The van der Waals surface area contributed by atoms with Crippen LogP contribution in [0.2, 0.25) is 0 Å². The summed E-state index contributed by atoms with van der Waals surface area (Å²) in [5.41, 5.74) is 3.07. The van der Waals surface area contributed by atoms with Crippen molar-refractivity contribution in [1.82, 2.24) is 10.3 Å². The lowest BCUT2D eigenvalue weighted by atomic mass is 10.1. The van der Waals surface area contributed by atoms with Crippen LogP contribution in [-0.2, 0) is 6.42 Å². The maximum Gasteiger partial charge on any atom is 0.325 e. The molecule has 0 aliphatic heterocycles. The molecule has 0 saturated carbocycles. The predicted molar refractivity (Wildman–Crippen MR) is 115 cm³/mol. The fraction of sp³-hybridized carbons (Fsp3) is 0.190. The Bertz CT molecular complexity index is 986. The smallest absolute Gasteiger partial charge is 0.325 e. The number of urea groups is 1. The third-order valence-corrected chi connectivity index (χ3v) is 4.90. The Morgan fingerprint density at radius 3 is 2.59 bits per heavy atom. The van der Waals surface area contributed by atoms with Crippen molar-refractivity contribution in [2.45, 2.75) is 13.3 Å². The minimum absolute atomic E-state index is 0.265. The van der Waals surface area contributed by atoms with Crippen LogP contribution in [0.1, 0.15) is 21.6 Å². The maximum absolute atomic E-state index is 12.3. The van der Waals surface area contributed by atoms with Crippen molar-refractivity contribution >= 4 is 34.1 Å². The molecule has 3 aromatic rings. The first kappa shape index (κ1) is 20.3. The van der Waals surface area contributed by atoms with Gasteiger partial charge >= 0.3 is 6.03 Å². The second kappa shape index (κ2) is 9.70. The van der Waals surface area contributed by atoms with E-state index in [9.17, 15) is 9.59 Å². The fourth-order valence-corrected chi connectivity index (χ4v) is 3.33. The van der Waals surface area contributed by atoms with Crippen molar-refractivity contribution in [3.63, 3.8) is 0 Å². The van der Waals surface area contributed by atoms with Gasteiger partial charge in [-0.05, 0) is 37.1 Å². The second-order valence-corrected chi connectivity index (χ2v) is 7.16. The lowest BCUT2D eigenvalue weighted by molar-refractivity contribution is 0.0950. The number of thiazole rings is 1. The summed E-state index contributed by atoms with van der Waals surface area (Å²) in [6.07, 6.45) is 0.643. The van der Waals surface area contributed by atoms with Crippen molar-refractivity contribution < 1.29 is 14.3 Å². The van der Waals surface area contributed by atoms with E-state index in [1.807, 2.05) is 55.5 Å². The zero-order valence-electron chi connectivity index (χ0n) is 16.2. The first-order valence-corrected chi connectivity index (χ1v) is 9.93. The summed E-state index contributed by atoms with van der Waals surface area (Å²) in [5, 5.41) is 10.2. The lowest BCUT2D eigenvalue weighted by Gasteiger charge is -2.08. The molecule has 150 valence electrons. The molecule has 2 aromatic carbocycles. The van der Waals surface area contributed by atoms with Gasteiger partial charge in [0.25, 0.3) is 5.91 Å². The Morgan fingerprint density at radius 2 is 1.83 bits per heavy atom. The molecule has 0 atom stereocenters. The van der Waals surface area contributed by atoms with E-state index in [2.05, 4.69) is 20.9 Å². The van der Waals surface area contributed by atoms with E-state index in [-0.39, 0.29) is 11.6 Å². The first-order valence-electron chi connectivity index (χ1n) is 9.05. The number of hydrogen-bond acceptors (Lipinski definition) is 5.